The van der Waals surface area contributed by atoms with E-state index in [1.54, 1.807) is 12.1 Å². The number of carbonyl (C=O) groups is 1. The predicted molar refractivity (Wildman–Crippen MR) is 113 cm³/mol. The van der Waals surface area contributed by atoms with Gasteiger partial charge in [0, 0.05) is 43.7 Å². The molecular formula is C21H31N5O3. The lowest BCUT2D eigenvalue weighted by molar-refractivity contribution is -0.384. The van der Waals surface area contributed by atoms with Gasteiger partial charge in [0.15, 0.2) is 5.96 Å². The summed E-state index contributed by atoms with van der Waals surface area (Å²) < 4.78 is 0. The Kier molecular flexibility index (Phi) is 7.43. The minimum Gasteiger partial charge on any atom is -0.357 e. The summed E-state index contributed by atoms with van der Waals surface area (Å²) in [6, 6.07) is 6.64. The van der Waals surface area contributed by atoms with Crippen molar-refractivity contribution in [2.45, 2.75) is 58.0 Å². The molecule has 1 aromatic rings. The van der Waals surface area contributed by atoms with E-state index in [1.165, 1.54) is 31.4 Å². The molecule has 1 aliphatic heterocycles. The number of carbonyl (C=O) groups excluding carboxylic acids is 1. The number of nitro benzene ring substituents is 1. The predicted octanol–water partition coefficient (Wildman–Crippen LogP) is 2.83. The van der Waals surface area contributed by atoms with E-state index in [4.69, 9.17) is 0 Å². The third kappa shape index (κ3) is 5.92. The van der Waals surface area contributed by atoms with E-state index in [0.717, 1.165) is 44.5 Å². The normalized spacial score (nSPS) is 20.5. The number of amides is 1. The Labute approximate surface area is 171 Å². The molecule has 2 fully saturated rings. The monoisotopic (exact) mass is 401 g/mol. The molecule has 158 valence electrons. The second-order valence-electron chi connectivity index (χ2n) is 7.87. The molecule has 1 saturated heterocycles. The van der Waals surface area contributed by atoms with Gasteiger partial charge in [-0.2, -0.15) is 0 Å². The summed E-state index contributed by atoms with van der Waals surface area (Å²) in [7, 11) is 0. The number of nitrogens with zero attached hydrogens (tertiary/aromatic N) is 3. The summed E-state index contributed by atoms with van der Waals surface area (Å²) in [6.07, 6.45) is 6.59. The fourth-order valence-electron chi connectivity index (χ4n) is 4.09. The summed E-state index contributed by atoms with van der Waals surface area (Å²) in [5.41, 5.74) is 0.991. The summed E-state index contributed by atoms with van der Waals surface area (Å²) in [5.74, 6) is 1.25. The first-order valence-corrected chi connectivity index (χ1v) is 10.6. The number of likely N-dealkylation sites (tertiary alicyclic amines) is 1. The molecule has 29 heavy (non-hydrogen) atoms. The van der Waals surface area contributed by atoms with Crippen LogP contribution < -0.4 is 10.6 Å². The number of aliphatic imine (C=N–C) groups is 1. The van der Waals surface area contributed by atoms with Crippen molar-refractivity contribution in [1.82, 2.24) is 15.5 Å². The average molecular weight is 402 g/mol. The van der Waals surface area contributed by atoms with Crippen LogP contribution in [0.15, 0.2) is 29.3 Å². The van der Waals surface area contributed by atoms with Gasteiger partial charge in [0.05, 0.1) is 11.5 Å². The van der Waals surface area contributed by atoms with Crippen molar-refractivity contribution >= 4 is 17.6 Å². The fraction of sp³-hybridized carbons (Fsp3) is 0.619. The standard InChI is InChI=1S/C21H31N5O3/c1-2-22-21(23-14-16-8-10-19(11-9-16)26(28)29)24-18-12-13-25(15-18)20(27)17-6-4-3-5-7-17/h8-11,17-18H,2-7,12-15H2,1H3,(H2,22,23,24). The zero-order chi connectivity index (χ0) is 20.6. The van der Waals surface area contributed by atoms with Gasteiger partial charge in [0.1, 0.15) is 0 Å². The van der Waals surface area contributed by atoms with E-state index < -0.39 is 4.92 Å². The van der Waals surface area contributed by atoms with Crippen molar-refractivity contribution in [3.63, 3.8) is 0 Å². The third-order valence-corrected chi connectivity index (χ3v) is 5.71. The first-order valence-electron chi connectivity index (χ1n) is 10.6. The van der Waals surface area contributed by atoms with Gasteiger partial charge in [-0.3, -0.25) is 14.9 Å². The molecule has 2 aliphatic rings. The first kappa shape index (κ1) is 21.1. The lowest BCUT2D eigenvalue weighted by Gasteiger charge is -2.26. The number of benzene rings is 1. The topological polar surface area (TPSA) is 99.9 Å². The van der Waals surface area contributed by atoms with Crippen LogP contribution in [0.2, 0.25) is 0 Å². The fourth-order valence-corrected chi connectivity index (χ4v) is 4.09. The van der Waals surface area contributed by atoms with Crippen molar-refractivity contribution in [3.05, 3.63) is 39.9 Å². The Morgan fingerprint density at radius 2 is 1.93 bits per heavy atom. The average Bonchev–Trinajstić information content (AvgIpc) is 3.21. The SMILES string of the molecule is CCNC(=NCc1ccc([N+](=O)[O-])cc1)NC1CCN(C(=O)C2CCCCC2)C1. The molecule has 1 saturated carbocycles. The molecule has 2 N–H and O–H groups in total. The quantitative estimate of drug-likeness (QED) is 0.330. The van der Waals surface area contributed by atoms with Crippen LogP contribution in [-0.4, -0.2) is 47.4 Å². The van der Waals surface area contributed by atoms with Crippen molar-refractivity contribution in [3.8, 4) is 0 Å². The first-order chi connectivity index (χ1) is 14.1. The second-order valence-corrected chi connectivity index (χ2v) is 7.87. The highest BCUT2D eigenvalue weighted by Crippen LogP contribution is 2.26. The van der Waals surface area contributed by atoms with Crippen molar-refractivity contribution in [2.24, 2.45) is 10.9 Å². The maximum Gasteiger partial charge on any atom is 0.269 e. The van der Waals surface area contributed by atoms with Gasteiger partial charge < -0.3 is 15.5 Å². The van der Waals surface area contributed by atoms with Gasteiger partial charge in [-0.1, -0.05) is 31.4 Å². The number of hydrogen-bond acceptors (Lipinski definition) is 4. The molecule has 0 spiro atoms. The van der Waals surface area contributed by atoms with E-state index >= 15 is 0 Å². The molecule has 1 unspecified atom stereocenters. The maximum absolute atomic E-state index is 12.7. The molecular weight excluding hydrogens is 370 g/mol. The van der Waals surface area contributed by atoms with Crippen LogP contribution in [0, 0.1) is 16.0 Å². The van der Waals surface area contributed by atoms with Crippen molar-refractivity contribution < 1.29 is 9.72 Å². The Bertz CT molecular complexity index is 728. The molecule has 1 atom stereocenters. The van der Waals surface area contributed by atoms with Gasteiger partial charge in [0.2, 0.25) is 5.91 Å². The van der Waals surface area contributed by atoms with Crippen LogP contribution in [0.4, 0.5) is 5.69 Å². The summed E-state index contributed by atoms with van der Waals surface area (Å²) in [6.45, 7) is 4.71. The molecule has 1 aromatic carbocycles. The smallest absolute Gasteiger partial charge is 0.269 e. The van der Waals surface area contributed by atoms with Crippen LogP contribution in [0.1, 0.15) is 51.0 Å². The highest BCUT2D eigenvalue weighted by molar-refractivity contribution is 5.81. The number of rotatable bonds is 6. The number of hydrogen-bond donors (Lipinski definition) is 2. The molecule has 8 nitrogen and oxygen atoms in total. The van der Waals surface area contributed by atoms with E-state index in [0.29, 0.717) is 18.4 Å². The van der Waals surface area contributed by atoms with Crippen molar-refractivity contribution in [1.29, 1.82) is 0 Å². The second kappa shape index (κ2) is 10.2. The summed E-state index contributed by atoms with van der Waals surface area (Å²) in [4.78, 5) is 29.7. The lowest BCUT2D eigenvalue weighted by atomic mass is 9.88. The Hall–Kier alpha value is -2.64. The minimum atomic E-state index is -0.404. The zero-order valence-corrected chi connectivity index (χ0v) is 17.1. The van der Waals surface area contributed by atoms with Crippen LogP contribution in [0.25, 0.3) is 0 Å². The number of nitro groups is 1. The molecule has 1 aliphatic carbocycles. The van der Waals surface area contributed by atoms with Crippen LogP contribution in [-0.2, 0) is 11.3 Å². The summed E-state index contributed by atoms with van der Waals surface area (Å²) in [5, 5.41) is 17.4. The highest BCUT2D eigenvalue weighted by atomic mass is 16.6. The lowest BCUT2D eigenvalue weighted by Crippen LogP contribution is -2.45. The Balaban J connectivity index is 1.53. The zero-order valence-electron chi connectivity index (χ0n) is 17.1. The van der Waals surface area contributed by atoms with E-state index in [2.05, 4.69) is 15.6 Å². The molecule has 0 aromatic heterocycles. The molecule has 0 bridgehead atoms. The van der Waals surface area contributed by atoms with Crippen LogP contribution in [0.3, 0.4) is 0 Å². The number of nitrogens with one attached hydrogen (secondary N) is 2. The molecule has 0 radical (unpaired) electrons. The van der Waals surface area contributed by atoms with Gasteiger partial charge >= 0.3 is 0 Å². The van der Waals surface area contributed by atoms with E-state index in [1.807, 2.05) is 11.8 Å². The summed E-state index contributed by atoms with van der Waals surface area (Å²) >= 11 is 0. The Morgan fingerprint density at radius 3 is 2.59 bits per heavy atom. The van der Waals surface area contributed by atoms with Crippen LogP contribution in [0.5, 0.6) is 0 Å². The van der Waals surface area contributed by atoms with Crippen LogP contribution >= 0.6 is 0 Å². The minimum absolute atomic E-state index is 0.0800. The van der Waals surface area contributed by atoms with Crippen molar-refractivity contribution in [2.75, 3.05) is 19.6 Å². The van der Waals surface area contributed by atoms with E-state index in [-0.39, 0.29) is 17.6 Å². The Morgan fingerprint density at radius 1 is 1.21 bits per heavy atom. The molecule has 1 heterocycles. The molecule has 1 amide bonds. The van der Waals surface area contributed by atoms with Gasteiger partial charge in [-0.05, 0) is 31.7 Å². The van der Waals surface area contributed by atoms with E-state index in [9.17, 15) is 14.9 Å². The number of guanidine groups is 1. The van der Waals surface area contributed by atoms with Gasteiger partial charge in [0.25, 0.3) is 5.69 Å². The molecule has 3 rings (SSSR count). The van der Waals surface area contributed by atoms with Gasteiger partial charge in [-0.25, -0.2) is 4.99 Å². The maximum atomic E-state index is 12.7. The highest BCUT2D eigenvalue weighted by Gasteiger charge is 2.31. The third-order valence-electron chi connectivity index (χ3n) is 5.71. The molecule has 8 heteroatoms. The largest absolute Gasteiger partial charge is 0.357 e. The number of non-ortho nitro benzene ring substituents is 1. The van der Waals surface area contributed by atoms with Gasteiger partial charge in [-0.15, -0.1) is 0 Å².